The Kier molecular flexibility index (Phi) is 4.39. The second-order valence-corrected chi connectivity index (χ2v) is 6.33. The average Bonchev–Trinajstić information content (AvgIpc) is 2.68. The number of nitrogens with zero attached hydrogens (tertiary/aromatic N) is 2. The monoisotopic (exact) mass is 349 g/mol. The van der Waals surface area contributed by atoms with Crippen LogP contribution >= 0.6 is 50.5 Å². The highest BCUT2D eigenvalue weighted by molar-refractivity contribution is 9.11. The molecule has 17 heavy (non-hydrogen) atoms. The highest BCUT2D eigenvalue weighted by Gasteiger charge is 2.00. The summed E-state index contributed by atoms with van der Waals surface area (Å²) in [5, 5.41) is 4.96. The Morgan fingerprint density at radius 2 is 2.24 bits per heavy atom. The third-order valence-electron chi connectivity index (χ3n) is 1.76. The van der Waals surface area contributed by atoms with Crippen LogP contribution < -0.4 is 5.43 Å². The van der Waals surface area contributed by atoms with Crippen molar-refractivity contribution in [2.45, 2.75) is 0 Å². The lowest BCUT2D eigenvalue weighted by molar-refractivity contribution is 1.23. The van der Waals surface area contributed by atoms with Crippen molar-refractivity contribution in [2.75, 3.05) is 5.43 Å². The second-order valence-electron chi connectivity index (χ2n) is 3.00. The van der Waals surface area contributed by atoms with E-state index in [1.807, 2.05) is 12.1 Å². The molecule has 2 aromatic heterocycles. The van der Waals surface area contributed by atoms with Crippen LogP contribution in [0.25, 0.3) is 0 Å². The normalized spacial score (nSPS) is 11.0. The van der Waals surface area contributed by atoms with E-state index in [-0.39, 0.29) is 0 Å². The Morgan fingerprint density at radius 3 is 2.88 bits per heavy atom. The van der Waals surface area contributed by atoms with Crippen molar-refractivity contribution in [3.8, 4) is 0 Å². The zero-order valence-corrected chi connectivity index (χ0v) is 12.2. The fourth-order valence-electron chi connectivity index (χ4n) is 1.05. The first-order valence-corrected chi connectivity index (χ1v) is 6.87. The molecule has 0 unspecified atom stereocenters. The predicted octanol–water partition coefficient (Wildman–Crippen LogP) is 4.66. The van der Waals surface area contributed by atoms with Gasteiger partial charge in [-0.2, -0.15) is 5.10 Å². The van der Waals surface area contributed by atoms with Crippen molar-refractivity contribution < 1.29 is 0 Å². The van der Waals surface area contributed by atoms with Crippen molar-refractivity contribution in [1.82, 2.24) is 4.98 Å². The molecular weight excluding hydrogens is 345 g/mol. The highest BCUT2D eigenvalue weighted by Crippen LogP contribution is 2.23. The van der Waals surface area contributed by atoms with Crippen LogP contribution in [-0.2, 0) is 0 Å². The van der Waals surface area contributed by atoms with Crippen LogP contribution in [-0.4, -0.2) is 11.2 Å². The van der Waals surface area contributed by atoms with E-state index in [4.69, 9.17) is 23.2 Å². The van der Waals surface area contributed by atoms with E-state index in [1.165, 1.54) is 6.20 Å². The number of nitrogens with one attached hydrogen (secondary N) is 1. The Balaban J connectivity index is 2.04. The lowest BCUT2D eigenvalue weighted by Gasteiger charge is -2.01. The summed E-state index contributed by atoms with van der Waals surface area (Å²) >= 11 is 16.6. The number of hydrazone groups is 1. The standard InChI is InChI=1S/C10H6BrCl2N3S/c11-9-2-1-7(17-9)5-15-16-10-8(13)3-6(12)4-14-10/h1-5H,(H,14,16)/b15-5+. The summed E-state index contributed by atoms with van der Waals surface area (Å²) in [4.78, 5) is 5.04. The van der Waals surface area contributed by atoms with Crippen LogP contribution in [0.15, 0.2) is 33.3 Å². The summed E-state index contributed by atoms with van der Waals surface area (Å²) in [6.45, 7) is 0. The average molecular weight is 351 g/mol. The van der Waals surface area contributed by atoms with Gasteiger partial charge >= 0.3 is 0 Å². The first-order valence-electron chi connectivity index (χ1n) is 4.50. The maximum Gasteiger partial charge on any atom is 0.165 e. The summed E-state index contributed by atoms with van der Waals surface area (Å²) < 4.78 is 1.06. The van der Waals surface area contributed by atoms with Crippen molar-refractivity contribution in [1.29, 1.82) is 0 Å². The van der Waals surface area contributed by atoms with Gasteiger partial charge in [0.1, 0.15) is 0 Å². The molecule has 0 amide bonds. The fourth-order valence-corrected chi connectivity index (χ4v) is 2.77. The van der Waals surface area contributed by atoms with Gasteiger partial charge < -0.3 is 0 Å². The lowest BCUT2D eigenvalue weighted by Crippen LogP contribution is -1.93. The predicted molar refractivity (Wildman–Crippen MR) is 77.5 cm³/mol. The van der Waals surface area contributed by atoms with E-state index in [9.17, 15) is 0 Å². The van der Waals surface area contributed by atoms with E-state index >= 15 is 0 Å². The largest absolute Gasteiger partial charge is 0.260 e. The molecule has 0 radical (unpaired) electrons. The van der Waals surface area contributed by atoms with Crippen LogP contribution in [0.5, 0.6) is 0 Å². The van der Waals surface area contributed by atoms with Crippen molar-refractivity contribution in [3.63, 3.8) is 0 Å². The van der Waals surface area contributed by atoms with Crippen LogP contribution in [0, 0.1) is 0 Å². The fraction of sp³-hybridized carbons (Fsp3) is 0. The SMILES string of the molecule is Clc1cnc(N/N=C/c2ccc(Br)s2)c(Cl)c1. The van der Waals surface area contributed by atoms with Gasteiger partial charge in [-0.25, -0.2) is 4.98 Å². The molecular formula is C10H6BrCl2N3S. The Bertz CT molecular complexity index is 556. The number of hydrogen-bond donors (Lipinski definition) is 1. The number of halogens is 3. The van der Waals surface area contributed by atoms with E-state index in [2.05, 4.69) is 31.4 Å². The van der Waals surface area contributed by atoms with E-state index < -0.39 is 0 Å². The summed E-state index contributed by atoms with van der Waals surface area (Å²) in [6, 6.07) is 5.52. The maximum atomic E-state index is 5.93. The van der Waals surface area contributed by atoms with Crippen molar-refractivity contribution in [3.05, 3.63) is 43.1 Å². The minimum absolute atomic E-state index is 0.432. The molecule has 3 nitrogen and oxygen atoms in total. The zero-order valence-electron chi connectivity index (χ0n) is 8.32. The molecule has 88 valence electrons. The quantitative estimate of drug-likeness (QED) is 0.645. The minimum atomic E-state index is 0.432. The number of rotatable bonds is 3. The van der Waals surface area contributed by atoms with Crippen LogP contribution in [0.2, 0.25) is 10.0 Å². The molecule has 2 aromatic rings. The molecule has 0 aliphatic rings. The van der Waals surface area contributed by atoms with Gasteiger partial charge in [0.05, 0.1) is 20.0 Å². The van der Waals surface area contributed by atoms with Gasteiger partial charge in [-0.15, -0.1) is 11.3 Å². The first-order chi connectivity index (χ1) is 8.15. The molecule has 0 aliphatic heterocycles. The smallest absolute Gasteiger partial charge is 0.165 e. The van der Waals surface area contributed by atoms with E-state index in [0.29, 0.717) is 15.9 Å². The molecule has 7 heteroatoms. The summed E-state index contributed by atoms with van der Waals surface area (Å²) in [5.74, 6) is 0.475. The molecule has 2 heterocycles. The van der Waals surface area contributed by atoms with Gasteiger partial charge in [0.2, 0.25) is 0 Å². The van der Waals surface area contributed by atoms with Crippen LogP contribution in [0.4, 0.5) is 5.82 Å². The zero-order chi connectivity index (χ0) is 12.3. The molecule has 2 rings (SSSR count). The summed E-state index contributed by atoms with van der Waals surface area (Å²) in [6.07, 6.45) is 3.20. The maximum absolute atomic E-state index is 5.93. The molecule has 0 saturated carbocycles. The first kappa shape index (κ1) is 12.8. The molecule has 0 aliphatic carbocycles. The van der Waals surface area contributed by atoms with E-state index in [0.717, 1.165) is 8.66 Å². The second kappa shape index (κ2) is 5.82. The number of thiophene rings is 1. The molecule has 0 atom stereocenters. The topological polar surface area (TPSA) is 37.3 Å². The molecule has 0 spiro atoms. The van der Waals surface area contributed by atoms with Gasteiger partial charge in [-0.05, 0) is 34.1 Å². The van der Waals surface area contributed by atoms with Gasteiger partial charge in [0.15, 0.2) is 5.82 Å². The van der Waals surface area contributed by atoms with Crippen LogP contribution in [0.3, 0.4) is 0 Å². The van der Waals surface area contributed by atoms with Gasteiger partial charge in [0.25, 0.3) is 0 Å². The Morgan fingerprint density at radius 1 is 1.41 bits per heavy atom. The summed E-state index contributed by atoms with van der Waals surface area (Å²) in [7, 11) is 0. The molecule has 0 saturated heterocycles. The van der Waals surface area contributed by atoms with Gasteiger partial charge in [-0.1, -0.05) is 23.2 Å². The molecule has 0 aromatic carbocycles. The Labute approximate surface area is 121 Å². The molecule has 0 fully saturated rings. The lowest BCUT2D eigenvalue weighted by atomic mass is 10.5. The number of pyridine rings is 1. The van der Waals surface area contributed by atoms with Crippen molar-refractivity contribution in [2.24, 2.45) is 5.10 Å². The van der Waals surface area contributed by atoms with E-state index in [1.54, 1.807) is 23.6 Å². The molecule has 1 N–H and O–H groups in total. The number of hydrogen-bond acceptors (Lipinski definition) is 4. The summed E-state index contributed by atoms with van der Waals surface area (Å²) in [5.41, 5.74) is 2.76. The number of aromatic nitrogens is 1. The number of anilines is 1. The van der Waals surface area contributed by atoms with Gasteiger partial charge in [-0.3, -0.25) is 5.43 Å². The van der Waals surface area contributed by atoms with Crippen molar-refractivity contribution >= 4 is 62.5 Å². The molecule has 0 bridgehead atoms. The minimum Gasteiger partial charge on any atom is -0.260 e. The van der Waals surface area contributed by atoms with Gasteiger partial charge in [0, 0.05) is 11.1 Å². The third-order valence-corrected chi connectivity index (χ3v) is 3.82. The third kappa shape index (κ3) is 3.67. The Hall–Kier alpha value is -0.620. The highest BCUT2D eigenvalue weighted by atomic mass is 79.9. The van der Waals surface area contributed by atoms with Crippen LogP contribution in [0.1, 0.15) is 4.88 Å².